The summed E-state index contributed by atoms with van der Waals surface area (Å²) in [5, 5.41) is 6.60. The normalized spacial score (nSPS) is 10.4. The molecule has 6 heteroatoms. The molecule has 0 saturated heterocycles. The van der Waals surface area contributed by atoms with Crippen LogP contribution in [0.1, 0.15) is 23.5 Å². The Hall–Kier alpha value is -1.43. The third kappa shape index (κ3) is 3.03. The van der Waals surface area contributed by atoms with Gasteiger partial charge in [-0.15, -0.1) is 11.3 Å². The van der Waals surface area contributed by atoms with Crippen molar-refractivity contribution >= 4 is 27.9 Å². The van der Waals surface area contributed by atoms with E-state index in [1.165, 1.54) is 11.3 Å². The van der Waals surface area contributed by atoms with Gasteiger partial charge in [0, 0.05) is 13.6 Å². The van der Waals surface area contributed by atoms with Crippen LogP contribution in [0.25, 0.3) is 0 Å². The second-order valence-electron chi connectivity index (χ2n) is 4.06. The molecule has 96 valence electrons. The number of ether oxygens (including phenoxy) is 1. The van der Waals surface area contributed by atoms with E-state index in [9.17, 15) is 4.79 Å². The van der Waals surface area contributed by atoms with Crippen molar-refractivity contribution in [2.45, 2.75) is 13.8 Å². The molecule has 0 aromatic carbocycles. The van der Waals surface area contributed by atoms with Gasteiger partial charge in [-0.25, -0.2) is 0 Å². The molecule has 0 aliphatic heterocycles. The number of nitrogens with two attached hydrogens (primary N) is 1. The molecule has 17 heavy (non-hydrogen) atoms. The summed E-state index contributed by atoms with van der Waals surface area (Å²) in [6.07, 6.45) is 0. The summed E-state index contributed by atoms with van der Waals surface area (Å²) in [6.45, 7) is 5.02. The Balaban J connectivity index is 3.00. The number of anilines is 2. The van der Waals surface area contributed by atoms with Crippen LogP contribution < -0.4 is 21.1 Å². The van der Waals surface area contributed by atoms with Gasteiger partial charge >= 0.3 is 0 Å². The Kier molecular flexibility index (Phi) is 4.62. The van der Waals surface area contributed by atoms with Crippen LogP contribution in [-0.2, 0) is 0 Å². The smallest absolute Gasteiger partial charge is 0.263 e. The molecule has 0 fully saturated rings. The van der Waals surface area contributed by atoms with E-state index in [1.54, 1.807) is 14.2 Å². The van der Waals surface area contributed by atoms with Crippen molar-refractivity contribution in [3.63, 3.8) is 0 Å². The molecule has 0 aliphatic carbocycles. The van der Waals surface area contributed by atoms with E-state index in [1.807, 2.05) is 0 Å². The van der Waals surface area contributed by atoms with Crippen molar-refractivity contribution in [1.29, 1.82) is 0 Å². The minimum atomic E-state index is -0.191. The van der Waals surface area contributed by atoms with Crippen LogP contribution in [0.5, 0.6) is 5.75 Å². The van der Waals surface area contributed by atoms with Crippen LogP contribution in [0.3, 0.4) is 0 Å². The van der Waals surface area contributed by atoms with Gasteiger partial charge in [-0.1, -0.05) is 13.8 Å². The summed E-state index contributed by atoms with van der Waals surface area (Å²) >= 11 is 1.31. The molecule has 0 bridgehead atoms. The average Bonchev–Trinajstić information content (AvgIpc) is 2.62. The highest BCUT2D eigenvalue weighted by atomic mass is 32.1. The van der Waals surface area contributed by atoms with Gasteiger partial charge in [-0.2, -0.15) is 0 Å². The van der Waals surface area contributed by atoms with Gasteiger partial charge in [0.15, 0.2) is 5.75 Å². The standard InChI is InChI=1S/C11H19N3O2S/c1-6(2)5-14-11-8(16-4)7(12)9(17-11)10(15)13-3/h6,14H,5,12H2,1-4H3,(H,13,15). The van der Waals surface area contributed by atoms with Crippen molar-refractivity contribution < 1.29 is 9.53 Å². The van der Waals surface area contributed by atoms with Crippen molar-refractivity contribution in [2.24, 2.45) is 5.92 Å². The summed E-state index contributed by atoms with van der Waals surface area (Å²) in [7, 11) is 3.13. The van der Waals surface area contributed by atoms with Gasteiger partial charge in [0.25, 0.3) is 5.91 Å². The molecule has 4 N–H and O–H groups in total. The highest BCUT2D eigenvalue weighted by Gasteiger charge is 2.20. The number of nitrogen functional groups attached to an aromatic ring is 1. The lowest BCUT2D eigenvalue weighted by atomic mass is 10.2. The number of thiophene rings is 1. The molecule has 1 rings (SSSR count). The Morgan fingerprint density at radius 1 is 1.53 bits per heavy atom. The molecule has 0 spiro atoms. The largest absolute Gasteiger partial charge is 0.492 e. The first-order chi connectivity index (χ1) is 8.01. The third-order valence-electron chi connectivity index (χ3n) is 2.21. The fraction of sp³-hybridized carbons (Fsp3) is 0.545. The van der Waals surface area contributed by atoms with E-state index in [0.29, 0.717) is 22.2 Å². The number of hydrogen-bond donors (Lipinski definition) is 3. The first-order valence-corrected chi connectivity index (χ1v) is 6.25. The van der Waals surface area contributed by atoms with Crippen molar-refractivity contribution in [3.05, 3.63) is 4.88 Å². The van der Waals surface area contributed by atoms with Crippen LogP contribution in [-0.4, -0.2) is 26.6 Å². The lowest BCUT2D eigenvalue weighted by molar-refractivity contribution is 0.0967. The molecule has 1 aromatic heterocycles. The van der Waals surface area contributed by atoms with Gasteiger partial charge in [0.2, 0.25) is 0 Å². The molecule has 0 unspecified atom stereocenters. The van der Waals surface area contributed by atoms with Crippen LogP contribution >= 0.6 is 11.3 Å². The van der Waals surface area contributed by atoms with E-state index >= 15 is 0 Å². The monoisotopic (exact) mass is 257 g/mol. The number of carbonyl (C=O) groups excluding carboxylic acids is 1. The van der Waals surface area contributed by atoms with Crippen molar-refractivity contribution in [2.75, 3.05) is 31.8 Å². The second-order valence-corrected chi connectivity index (χ2v) is 5.08. The van der Waals surface area contributed by atoms with E-state index in [4.69, 9.17) is 10.5 Å². The zero-order chi connectivity index (χ0) is 13.0. The minimum absolute atomic E-state index is 0.191. The summed E-state index contributed by atoms with van der Waals surface area (Å²) in [4.78, 5) is 12.1. The van der Waals surface area contributed by atoms with Gasteiger partial charge in [-0.3, -0.25) is 4.79 Å². The molecule has 1 amide bonds. The molecule has 0 atom stereocenters. The van der Waals surface area contributed by atoms with E-state index in [-0.39, 0.29) is 5.91 Å². The fourth-order valence-corrected chi connectivity index (χ4v) is 2.37. The number of amides is 1. The quantitative estimate of drug-likeness (QED) is 0.751. The van der Waals surface area contributed by atoms with Crippen LogP contribution in [0.15, 0.2) is 0 Å². The maximum Gasteiger partial charge on any atom is 0.263 e. The number of hydrogen-bond acceptors (Lipinski definition) is 5. The lowest BCUT2D eigenvalue weighted by Gasteiger charge is -2.08. The summed E-state index contributed by atoms with van der Waals surface area (Å²) in [6, 6.07) is 0. The van der Waals surface area contributed by atoms with Crippen molar-refractivity contribution in [1.82, 2.24) is 5.32 Å². The Morgan fingerprint density at radius 3 is 2.65 bits per heavy atom. The zero-order valence-corrected chi connectivity index (χ0v) is 11.4. The number of methoxy groups -OCH3 is 1. The molecule has 1 heterocycles. The van der Waals surface area contributed by atoms with E-state index in [2.05, 4.69) is 24.5 Å². The number of rotatable bonds is 5. The first-order valence-electron chi connectivity index (χ1n) is 5.43. The molecule has 5 nitrogen and oxygen atoms in total. The summed E-state index contributed by atoms with van der Waals surface area (Å²) < 4.78 is 5.23. The maximum absolute atomic E-state index is 11.6. The summed E-state index contributed by atoms with van der Waals surface area (Å²) in [5.41, 5.74) is 6.27. The lowest BCUT2D eigenvalue weighted by Crippen LogP contribution is -2.17. The highest BCUT2D eigenvalue weighted by molar-refractivity contribution is 7.19. The average molecular weight is 257 g/mol. The van der Waals surface area contributed by atoms with Gasteiger partial charge in [-0.05, 0) is 5.92 Å². The minimum Gasteiger partial charge on any atom is -0.492 e. The molecule has 1 aromatic rings. The highest BCUT2D eigenvalue weighted by Crippen LogP contribution is 2.42. The molecule has 0 saturated carbocycles. The number of nitrogens with one attached hydrogen (secondary N) is 2. The fourth-order valence-electron chi connectivity index (χ4n) is 1.33. The Labute approximate surface area is 105 Å². The van der Waals surface area contributed by atoms with Gasteiger partial charge in [0.1, 0.15) is 15.6 Å². The zero-order valence-electron chi connectivity index (χ0n) is 10.6. The molecule has 0 radical (unpaired) electrons. The predicted octanol–water partition coefficient (Wildman–Crippen LogP) is 1.77. The van der Waals surface area contributed by atoms with Crippen LogP contribution in [0, 0.1) is 5.92 Å². The maximum atomic E-state index is 11.6. The van der Waals surface area contributed by atoms with Gasteiger partial charge in [0.05, 0.1) is 7.11 Å². The molecular formula is C11H19N3O2S. The third-order valence-corrected chi connectivity index (χ3v) is 3.35. The Morgan fingerprint density at radius 2 is 2.18 bits per heavy atom. The van der Waals surface area contributed by atoms with Gasteiger partial charge < -0.3 is 21.1 Å². The number of carbonyl (C=O) groups is 1. The SMILES string of the molecule is CNC(=O)c1sc(NCC(C)C)c(OC)c1N. The van der Waals surface area contributed by atoms with Crippen LogP contribution in [0.2, 0.25) is 0 Å². The first kappa shape index (κ1) is 13.6. The van der Waals surface area contributed by atoms with Crippen molar-refractivity contribution in [3.8, 4) is 5.75 Å². The summed E-state index contributed by atoms with van der Waals surface area (Å²) in [5.74, 6) is 0.865. The predicted molar refractivity (Wildman–Crippen MR) is 72.0 cm³/mol. The van der Waals surface area contributed by atoms with E-state index in [0.717, 1.165) is 11.5 Å². The van der Waals surface area contributed by atoms with E-state index < -0.39 is 0 Å². The topological polar surface area (TPSA) is 76.4 Å². The van der Waals surface area contributed by atoms with Crippen LogP contribution in [0.4, 0.5) is 10.7 Å². The molecule has 0 aliphatic rings. The Bertz CT molecular complexity index is 402. The molecular weight excluding hydrogens is 238 g/mol. The second kappa shape index (κ2) is 5.77.